The van der Waals surface area contributed by atoms with Crippen LogP contribution >= 0.6 is 0 Å². The highest BCUT2D eigenvalue weighted by molar-refractivity contribution is 6.45. The topological polar surface area (TPSA) is 196 Å². The second-order valence-electron chi connectivity index (χ2n) is 30.7. The maximum Gasteiger partial charge on any atom is 0.262 e. The van der Waals surface area contributed by atoms with Gasteiger partial charge in [0, 0.05) is 88.9 Å². The predicted molar refractivity (Wildman–Crippen MR) is 461 cm³/mol. The lowest BCUT2D eigenvalue weighted by atomic mass is 9.80. The van der Waals surface area contributed by atoms with Crippen LogP contribution in [0.15, 0.2) is 300 Å². The molecule has 568 valence electrons. The second-order valence-corrected chi connectivity index (χ2v) is 30.7. The summed E-state index contributed by atoms with van der Waals surface area (Å²) in [5.74, 6) is -2.93. The van der Waals surface area contributed by atoms with Gasteiger partial charge in [-0.2, -0.15) is 0 Å². The first-order chi connectivity index (χ1) is 57.5. The van der Waals surface area contributed by atoms with E-state index in [1.165, 1.54) is 0 Å². The standard InChI is InChI=1S/C102H68N4O12/c1-55-21-35-67(36-22-55)113-85-51-75-89-76(100(110)105(99(75)109)79(97(107)103-65-33-31-61-13-5-7-15-63(61)49-65)45-59-29-43-73-71-17-9-11-19-81(71)117-83(73)47-59)53-87(115-69-39-25-57(3)26-40-69)93-94-88(116-70-41-27-58(4)28-42-70)54-78-90-77(52-86(92(96(90)94)91(85)95(89)93)114-68-37-23-56(2)24-38-68)101(111)106(102(78)112)80(98(108)104-66-34-32-62-14-6-8-16-64(62)50-66)46-60-30-44-74-72-18-10-12-20-82(72)118-84(74)48-60/h5-44,47-54,79-80H,45-46H2,1-4H3,(H,103,107)(H,104,108). The summed E-state index contributed by atoms with van der Waals surface area (Å²) in [5, 5.41) is 15.3. The van der Waals surface area contributed by atoms with Gasteiger partial charge in [-0.1, -0.05) is 192 Å². The Kier molecular flexibility index (Phi) is 16.5. The number of furan rings is 2. The van der Waals surface area contributed by atoms with Crippen molar-refractivity contribution in [3.8, 4) is 46.0 Å². The zero-order valence-corrected chi connectivity index (χ0v) is 64.1. The summed E-state index contributed by atoms with van der Waals surface area (Å²) < 4.78 is 42.3. The number of imide groups is 2. The van der Waals surface area contributed by atoms with Crippen LogP contribution < -0.4 is 29.6 Å². The number of carbonyl (C=O) groups is 6. The number of amides is 6. The molecule has 0 radical (unpaired) electrons. The van der Waals surface area contributed by atoms with Gasteiger partial charge in [-0.3, -0.25) is 38.6 Å². The number of nitrogens with one attached hydrogen (secondary N) is 2. The van der Waals surface area contributed by atoms with Crippen LogP contribution in [0.5, 0.6) is 46.0 Å². The lowest BCUT2D eigenvalue weighted by molar-refractivity contribution is -0.120. The van der Waals surface area contributed by atoms with Gasteiger partial charge in [0.2, 0.25) is 11.8 Å². The smallest absolute Gasteiger partial charge is 0.262 e. The number of anilines is 2. The maximum atomic E-state index is 17.0. The third-order valence-corrected chi connectivity index (χ3v) is 23.0. The van der Waals surface area contributed by atoms with Crippen molar-refractivity contribution in [3.05, 3.63) is 347 Å². The normalized spacial score (nSPS) is 13.4. The number of hydrogen-bond acceptors (Lipinski definition) is 12. The minimum atomic E-state index is -1.54. The number of aryl methyl sites for hydroxylation is 4. The van der Waals surface area contributed by atoms with Crippen LogP contribution in [0.25, 0.3) is 109 Å². The number of ether oxygens (including phenoxy) is 4. The van der Waals surface area contributed by atoms with Crippen LogP contribution in [0.1, 0.15) is 74.8 Å². The highest BCUT2D eigenvalue weighted by Gasteiger charge is 2.47. The largest absolute Gasteiger partial charge is 0.457 e. The summed E-state index contributed by atoms with van der Waals surface area (Å²) in [6, 6.07) is 86.2. The molecule has 0 spiro atoms. The monoisotopic (exact) mass is 1540 g/mol. The molecule has 16 nitrogen and oxygen atoms in total. The average Bonchev–Trinajstić information content (AvgIpc) is 1.15. The molecular weight excluding hydrogens is 1470 g/mol. The van der Waals surface area contributed by atoms with E-state index in [0.717, 1.165) is 75.1 Å². The lowest BCUT2D eigenvalue weighted by Crippen LogP contribution is -2.53. The van der Waals surface area contributed by atoms with E-state index in [4.69, 9.17) is 27.8 Å². The molecule has 19 aromatic rings. The molecule has 2 aromatic heterocycles. The third-order valence-electron chi connectivity index (χ3n) is 23.0. The van der Waals surface area contributed by atoms with Crippen molar-refractivity contribution in [1.82, 2.24) is 9.80 Å². The Labute approximate surface area is 673 Å². The summed E-state index contributed by atoms with van der Waals surface area (Å²) in [5.41, 5.74) is 8.12. The first-order valence-corrected chi connectivity index (χ1v) is 39.0. The molecule has 2 aliphatic heterocycles. The number of para-hydroxylation sites is 2. The van der Waals surface area contributed by atoms with Crippen LogP contribution in [0.4, 0.5) is 11.4 Å². The molecule has 21 rings (SSSR count). The van der Waals surface area contributed by atoms with Crippen molar-refractivity contribution in [3.63, 3.8) is 0 Å². The van der Waals surface area contributed by atoms with Crippen LogP contribution in [-0.2, 0) is 22.4 Å². The summed E-state index contributed by atoms with van der Waals surface area (Å²) >= 11 is 0. The summed E-state index contributed by atoms with van der Waals surface area (Å²) in [6.07, 6.45) is -0.333. The minimum Gasteiger partial charge on any atom is -0.457 e. The number of benzene rings is 17. The van der Waals surface area contributed by atoms with Gasteiger partial charge in [0.25, 0.3) is 23.6 Å². The summed E-state index contributed by atoms with van der Waals surface area (Å²) in [6.45, 7) is 7.81. The molecule has 0 saturated carbocycles. The molecule has 0 bridgehead atoms. The quantitative estimate of drug-likeness (QED) is 0.0469. The molecule has 2 atom stereocenters. The number of rotatable bonds is 18. The first kappa shape index (κ1) is 70.4. The fraction of sp³-hybridized carbons (Fsp3) is 0.0784. The average molecular weight is 1540 g/mol. The van der Waals surface area contributed by atoms with Gasteiger partial charge in [0.1, 0.15) is 80.4 Å². The van der Waals surface area contributed by atoms with Crippen molar-refractivity contribution < 1.29 is 56.5 Å². The van der Waals surface area contributed by atoms with Gasteiger partial charge in [-0.25, -0.2) is 0 Å². The van der Waals surface area contributed by atoms with Crippen molar-refractivity contribution in [2.75, 3.05) is 10.6 Å². The van der Waals surface area contributed by atoms with E-state index in [2.05, 4.69) is 10.6 Å². The highest BCUT2D eigenvalue weighted by Crippen LogP contribution is 2.59. The zero-order valence-electron chi connectivity index (χ0n) is 64.1. The second kappa shape index (κ2) is 27.7. The Balaban J connectivity index is 0.834. The van der Waals surface area contributed by atoms with Gasteiger partial charge in [0.15, 0.2) is 0 Å². The molecule has 0 aliphatic carbocycles. The van der Waals surface area contributed by atoms with Gasteiger partial charge < -0.3 is 38.4 Å². The van der Waals surface area contributed by atoms with Crippen LogP contribution in [-0.4, -0.2) is 57.3 Å². The fourth-order valence-corrected chi connectivity index (χ4v) is 17.2. The molecule has 2 unspecified atom stereocenters. The molecule has 4 heterocycles. The van der Waals surface area contributed by atoms with E-state index in [0.29, 0.717) is 67.8 Å². The molecule has 17 aromatic carbocycles. The minimum absolute atomic E-state index is 0.0145. The van der Waals surface area contributed by atoms with Gasteiger partial charge in [0.05, 0.1) is 22.3 Å². The van der Waals surface area contributed by atoms with Gasteiger partial charge >= 0.3 is 0 Å². The maximum absolute atomic E-state index is 17.0. The summed E-state index contributed by atoms with van der Waals surface area (Å²) in [4.78, 5) is 102. The Morgan fingerprint density at radius 1 is 0.297 bits per heavy atom. The predicted octanol–water partition coefficient (Wildman–Crippen LogP) is 23.9. The SMILES string of the molecule is Cc1ccc(Oc2cc3c4c(cc(Oc5ccc(C)cc5)c5c6c(Oc7ccc(C)cc7)cc7c8c(cc(Oc9ccc(C)cc9)c(c2c45)c86)C(=O)N(C(Cc2ccc4c(c2)oc2ccccc24)C(=O)Nc2ccc4ccccc4c2)C7=O)C(=O)N(C(Cc2ccc4c(c2)oc2ccccc24)C(=O)Nc2ccc4ccccc4c2)C3=O)cc1. The molecule has 6 amide bonds. The highest BCUT2D eigenvalue weighted by atomic mass is 16.5. The molecular formula is C102H68N4O12. The third kappa shape index (κ3) is 12.0. The zero-order chi connectivity index (χ0) is 79.9. The van der Waals surface area contributed by atoms with Crippen molar-refractivity contribution in [2.24, 2.45) is 0 Å². The van der Waals surface area contributed by atoms with Crippen molar-refractivity contribution in [2.45, 2.75) is 52.6 Å². The molecule has 2 aliphatic rings. The number of fused-ring (bicyclic) bond motifs is 10. The molecule has 16 heteroatoms. The molecule has 0 saturated heterocycles. The lowest BCUT2D eigenvalue weighted by Gasteiger charge is -2.36. The van der Waals surface area contributed by atoms with Crippen LogP contribution in [0.2, 0.25) is 0 Å². The Bertz CT molecular complexity index is 6850. The van der Waals surface area contributed by atoms with Crippen molar-refractivity contribution in [1.29, 1.82) is 0 Å². The first-order valence-electron chi connectivity index (χ1n) is 39.0. The Morgan fingerprint density at radius 2 is 0.593 bits per heavy atom. The Hall–Kier alpha value is -15.4. The van der Waals surface area contributed by atoms with E-state index in [1.807, 2.05) is 234 Å². The van der Waals surface area contributed by atoms with Crippen LogP contribution in [0.3, 0.4) is 0 Å². The number of nitrogens with zero attached hydrogens (tertiary/aromatic N) is 2. The summed E-state index contributed by atoms with van der Waals surface area (Å²) in [7, 11) is 0. The molecule has 0 fully saturated rings. The van der Waals surface area contributed by atoms with Crippen LogP contribution in [0, 0.1) is 27.7 Å². The number of carbonyl (C=O) groups excluding carboxylic acids is 6. The van der Waals surface area contributed by atoms with E-state index in [9.17, 15) is 0 Å². The van der Waals surface area contributed by atoms with E-state index >= 15 is 28.8 Å². The molecule has 118 heavy (non-hydrogen) atoms. The van der Waals surface area contributed by atoms with E-state index in [1.54, 1.807) is 84.9 Å². The Morgan fingerprint density at radius 3 is 0.924 bits per heavy atom. The van der Waals surface area contributed by atoms with Crippen molar-refractivity contribution >= 4 is 155 Å². The van der Waals surface area contributed by atoms with Gasteiger partial charge in [-0.15, -0.1) is 0 Å². The molecule has 2 N–H and O–H groups in total. The van der Waals surface area contributed by atoms with E-state index < -0.39 is 47.5 Å². The number of hydrogen-bond donors (Lipinski definition) is 2. The van der Waals surface area contributed by atoms with E-state index in [-0.39, 0.29) is 101 Å². The fourth-order valence-electron chi connectivity index (χ4n) is 17.2. The van der Waals surface area contributed by atoms with Gasteiger partial charge in [-0.05, 0) is 182 Å².